The van der Waals surface area contributed by atoms with Gasteiger partial charge in [0.25, 0.3) is 5.91 Å². The SMILES string of the molecule is Cc1ccc(OCCN)c(C(=O)NCCCc2ccccn2)c1. The molecule has 0 spiro atoms. The van der Waals surface area contributed by atoms with E-state index < -0.39 is 0 Å². The highest BCUT2D eigenvalue weighted by atomic mass is 16.5. The average Bonchev–Trinajstić information content (AvgIpc) is 2.58. The van der Waals surface area contributed by atoms with Crippen LogP contribution >= 0.6 is 0 Å². The number of ether oxygens (including phenoxy) is 1. The highest BCUT2D eigenvalue weighted by Crippen LogP contribution is 2.20. The van der Waals surface area contributed by atoms with E-state index in [1.807, 2.05) is 43.3 Å². The number of carbonyl (C=O) groups excluding carboxylic acids is 1. The van der Waals surface area contributed by atoms with E-state index in [9.17, 15) is 4.79 Å². The van der Waals surface area contributed by atoms with Gasteiger partial charge in [-0.25, -0.2) is 0 Å². The largest absolute Gasteiger partial charge is 0.491 e. The van der Waals surface area contributed by atoms with Crippen molar-refractivity contribution in [3.63, 3.8) is 0 Å². The zero-order valence-electron chi connectivity index (χ0n) is 13.4. The summed E-state index contributed by atoms with van der Waals surface area (Å²) in [6.07, 6.45) is 3.46. The van der Waals surface area contributed by atoms with Gasteiger partial charge in [0.15, 0.2) is 0 Å². The number of hydrogen-bond donors (Lipinski definition) is 2. The van der Waals surface area contributed by atoms with Crippen molar-refractivity contribution >= 4 is 5.91 Å². The second-order valence-corrected chi connectivity index (χ2v) is 5.32. The number of hydrogen-bond acceptors (Lipinski definition) is 4. The fourth-order valence-corrected chi connectivity index (χ4v) is 2.23. The summed E-state index contributed by atoms with van der Waals surface area (Å²) in [5.74, 6) is 0.449. The Morgan fingerprint density at radius 3 is 2.91 bits per heavy atom. The topological polar surface area (TPSA) is 77.2 Å². The lowest BCUT2D eigenvalue weighted by molar-refractivity contribution is 0.0949. The van der Waals surface area contributed by atoms with Gasteiger partial charge in [0, 0.05) is 25.0 Å². The van der Waals surface area contributed by atoms with Crippen molar-refractivity contribution in [1.29, 1.82) is 0 Å². The zero-order chi connectivity index (χ0) is 16.5. The molecule has 0 aliphatic heterocycles. The number of rotatable bonds is 8. The van der Waals surface area contributed by atoms with Crippen LogP contribution in [0.15, 0.2) is 42.6 Å². The van der Waals surface area contributed by atoms with Gasteiger partial charge in [-0.3, -0.25) is 9.78 Å². The van der Waals surface area contributed by atoms with Gasteiger partial charge in [-0.15, -0.1) is 0 Å². The second kappa shape index (κ2) is 8.90. The number of nitrogens with one attached hydrogen (secondary N) is 1. The molecule has 1 heterocycles. The van der Waals surface area contributed by atoms with E-state index in [0.29, 0.717) is 31.0 Å². The van der Waals surface area contributed by atoms with Gasteiger partial charge in [0.1, 0.15) is 12.4 Å². The van der Waals surface area contributed by atoms with Gasteiger partial charge in [-0.05, 0) is 44.0 Å². The standard InChI is InChI=1S/C18H23N3O2/c1-14-7-8-17(23-12-9-19)16(13-14)18(22)21-11-4-6-15-5-2-3-10-20-15/h2-3,5,7-8,10,13H,4,6,9,11-12,19H2,1H3,(H,21,22). The third-order valence-electron chi connectivity index (χ3n) is 3.38. The normalized spacial score (nSPS) is 10.3. The smallest absolute Gasteiger partial charge is 0.255 e. The van der Waals surface area contributed by atoms with Crippen LogP contribution in [0.1, 0.15) is 28.0 Å². The molecule has 122 valence electrons. The Hall–Kier alpha value is -2.40. The highest BCUT2D eigenvalue weighted by molar-refractivity contribution is 5.97. The molecular weight excluding hydrogens is 290 g/mol. The number of aromatic nitrogens is 1. The predicted molar refractivity (Wildman–Crippen MR) is 90.6 cm³/mol. The molecule has 0 saturated heterocycles. The maximum absolute atomic E-state index is 12.4. The summed E-state index contributed by atoms with van der Waals surface area (Å²) in [6, 6.07) is 11.4. The van der Waals surface area contributed by atoms with Crippen LogP contribution in [0.5, 0.6) is 5.75 Å². The molecule has 0 aliphatic carbocycles. The first-order valence-electron chi connectivity index (χ1n) is 7.82. The van der Waals surface area contributed by atoms with Crippen molar-refractivity contribution in [2.75, 3.05) is 19.7 Å². The predicted octanol–water partition coefficient (Wildman–Crippen LogP) is 2.09. The maximum atomic E-state index is 12.4. The number of nitrogens with two attached hydrogens (primary N) is 1. The summed E-state index contributed by atoms with van der Waals surface area (Å²) in [5.41, 5.74) is 8.06. The van der Waals surface area contributed by atoms with Crippen LogP contribution in [-0.4, -0.2) is 30.6 Å². The van der Waals surface area contributed by atoms with E-state index in [1.54, 1.807) is 6.20 Å². The summed E-state index contributed by atoms with van der Waals surface area (Å²) in [7, 11) is 0. The van der Waals surface area contributed by atoms with E-state index in [4.69, 9.17) is 10.5 Å². The first kappa shape index (κ1) is 17.0. The summed E-state index contributed by atoms with van der Waals surface area (Å²) in [4.78, 5) is 16.6. The average molecular weight is 313 g/mol. The van der Waals surface area contributed by atoms with Gasteiger partial charge in [-0.2, -0.15) is 0 Å². The molecule has 2 aromatic rings. The summed E-state index contributed by atoms with van der Waals surface area (Å²) >= 11 is 0. The molecular formula is C18H23N3O2. The van der Waals surface area contributed by atoms with Gasteiger partial charge in [0.2, 0.25) is 0 Å². The van der Waals surface area contributed by atoms with Crippen molar-refractivity contribution in [2.45, 2.75) is 19.8 Å². The lowest BCUT2D eigenvalue weighted by Crippen LogP contribution is -2.26. The van der Waals surface area contributed by atoms with Crippen molar-refractivity contribution in [3.8, 4) is 5.75 Å². The number of aryl methyl sites for hydroxylation is 2. The van der Waals surface area contributed by atoms with E-state index >= 15 is 0 Å². The number of amides is 1. The number of carbonyl (C=O) groups is 1. The molecule has 0 atom stereocenters. The molecule has 2 rings (SSSR count). The Labute approximate surface area is 136 Å². The van der Waals surface area contributed by atoms with Gasteiger partial charge in [-0.1, -0.05) is 17.7 Å². The van der Waals surface area contributed by atoms with Gasteiger partial charge < -0.3 is 15.8 Å². The minimum absolute atomic E-state index is 0.123. The first-order valence-corrected chi connectivity index (χ1v) is 7.82. The van der Waals surface area contributed by atoms with Crippen LogP contribution in [0.2, 0.25) is 0 Å². The Morgan fingerprint density at radius 1 is 1.30 bits per heavy atom. The van der Waals surface area contributed by atoms with Crippen LogP contribution in [0.4, 0.5) is 0 Å². The highest BCUT2D eigenvalue weighted by Gasteiger charge is 2.12. The fraction of sp³-hybridized carbons (Fsp3) is 0.333. The minimum atomic E-state index is -0.123. The van der Waals surface area contributed by atoms with Gasteiger partial charge >= 0.3 is 0 Å². The molecule has 0 fully saturated rings. The third kappa shape index (κ3) is 5.38. The van der Waals surface area contributed by atoms with Gasteiger partial charge in [0.05, 0.1) is 5.56 Å². The summed E-state index contributed by atoms with van der Waals surface area (Å²) in [6.45, 7) is 3.35. The van der Waals surface area contributed by atoms with Crippen LogP contribution < -0.4 is 15.8 Å². The van der Waals surface area contributed by atoms with E-state index in [1.165, 1.54) is 0 Å². The monoisotopic (exact) mass is 313 g/mol. The van der Waals surface area contributed by atoms with Crippen molar-refractivity contribution in [3.05, 3.63) is 59.4 Å². The van der Waals surface area contributed by atoms with E-state index in [-0.39, 0.29) is 5.91 Å². The Balaban J connectivity index is 1.88. The Bertz CT molecular complexity index is 629. The second-order valence-electron chi connectivity index (χ2n) is 5.32. The van der Waals surface area contributed by atoms with E-state index in [2.05, 4.69) is 10.3 Å². The van der Waals surface area contributed by atoms with Crippen molar-refractivity contribution in [1.82, 2.24) is 10.3 Å². The third-order valence-corrected chi connectivity index (χ3v) is 3.38. The molecule has 23 heavy (non-hydrogen) atoms. The van der Waals surface area contributed by atoms with Crippen LogP contribution in [0, 0.1) is 6.92 Å². The summed E-state index contributed by atoms with van der Waals surface area (Å²) in [5, 5.41) is 2.94. The lowest BCUT2D eigenvalue weighted by Gasteiger charge is -2.12. The lowest BCUT2D eigenvalue weighted by atomic mass is 10.1. The number of nitrogens with zero attached hydrogens (tertiary/aromatic N) is 1. The summed E-state index contributed by atoms with van der Waals surface area (Å²) < 4.78 is 5.54. The first-order chi connectivity index (χ1) is 11.2. The number of benzene rings is 1. The van der Waals surface area contributed by atoms with E-state index in [0.717, 1.165) is 24.1 Å². The molecule has 5 heteroatoms. The Kier molecular flexibility index (Phi) is 6.56. The Morgan fingerprint density at radius 2 is 2.17 bits per heavy atom. The molecule has 3 N–H and O–H groups in total. The van der Waals surface area contributed by atoms with Crippen molar-refractivity contribution in [2.24, 2.45) is 5.73 Å². The molecule has 0 bridgehead atoms. The molecule has 0 saturated carbocycles. The fourth-order valence-electron chi connectivity index (χ4n) is 2.23. The molecule has 0 radical (unpaired) electrons. The minimum Gasteiger partial charge on any atom is -0.491 e. The zero-order valence-corrected chi connectivity index (χ0v) is 13.4. The molecule has 1 amide bonds. The molecule has 1 aromatic heterocycles. The van der Waals surface area contributed by atoms with Crippen LogP contribution in [0.25, 0.3) is 0 Å². The van der Waals surface area contributed by atoms with Crippen LogP contribution in [-0.2, 0) is 6.42 Å². The van der Waals surface area contributed by atoms with Crippen LogP contribution in [0.3, 0.4) is 0 Å². The quantitative estimate of drug-likeness (QED) is 0.732. The molecule has 5 nitrogen and oxygen atoms in total. The molecule has 1 aromatic carbocycles. The molecule has 0 unspecified atom stereocenters. The molecule has 0 aliphatic rings. The van der Waals surface area contributed by atoms with Crippen molar-refractivity contribution < 1.29 is 9.53 Å². The number of pyridine rings is 1. The maximum Gasteiger partial charge on any atom is 0.255 e.